The van der Waals surface area contributed by atoms with Gasteiger partial charge in [0, 0.05) is 28.5 Å². The maximum atomic E-state index is 14.9. The Morgan fingerprint density at radius 2 is 1.27 bits per heavy atom. The smallest absolute Gasteiger partial charge is 0.184 e. The van der Waals surface area contributed by atoms with Gasteiger partial charge in [-0.05, 0) is 68.1 Å². The fraction of sp³-hybridized carbons (Fsp3) is 0.0435. The summed E-state index contributed by atoms with van der Waals surface area (Å²) < 4.78 is 22.7. The summed E-state index contributed by atoms with van der Waals surface area (Å²) in [5.41, 5.74) is 7.48. The summed E-state index contributed by atoms with van der Waals surface area (Å²) >= 11 is 7.52. The van der Waals surface area contributed by atoms with Crippen molar-refractivity contribution in [3.63, 3.8) is 0 Å². The van der Waals surface area contributed by atoms with Crippen LogP contribution in [-0.4, -0.2) is 30.2 Å². The first-order valence-corrected chi connectivity index (χ1v) is 19.3. The van der Waals surface area contributed by atoms with Gasteiger partial charge in [0.1, 0.15) is 11.3 Å². The second-order valence-corrected chi connectivity index (χ2v) is 14.6. The predicted octanol–water partition coefficient (Wildman–Crippen LogP) is 11.6. The fourth-order valence-electron chi connectivity index (χ4n) is 7.11. The van der Waals surface area contributed by atoms with E-state index < -0.39 is 11.4 Å². The first-order valence-electron chi connectivity index (χ1n) is 18.0. The number of aromatic nitrogens is 6. The van der Waals surface area contributed by atoms with Gasteiger partial charge in [-0.1, -0.05) is 163 Å². The number of imidazole rings is 1. The molecule has 10 heteroatoms. The van der Waals surface area contributed by atoms with Gasteiger partial charge in [0.05, 0.1) is 11.0 Å². The van der Waals surface area contributed by atoms with Gasteiger partial charge in [0.25, 0.3) is 0 Å². The molecule has 0 fully saturated rings. The molecule has 0 spiro atoms. The van der Waals surface area contributed by atoms with Crippen molar-refractivity contribution in [1.29, 1.82) is 0 Å². The highest BCUT2D eigenvalue weighted by Gasteiger charge is 2.42. The predicted molar refractivity (Wildman–Crippen MR) is 220 cm³/mol. The molecule has 9 aromatic rings. The second-order valence-electron chi connectivity index (χ2n) is 13.2. The van der Waals surface area contributed by atoms with Crippen molar-refractivity contribution in [2.45, 2.75) is 16.4 Å². The Morgan fingerprint density at radius 1 is 0.679 bits per heavy atom. The minimum Gasteiger partial charge on any atom is -0.454 e. The number of halogens is 2. The lowest BCUT2D eigenvalue weighted by Gasteiger charge is -2.36. The summed E-state index contributed by atoms with van der Waals surface area (Å²) in [5, 5.41) is 15.0. The minimum atomic E-state index is -0.871. The summed E-state index contributed by atoms with van der Waals surface area (Å²) in [6, 6.07) is 57.7. The fourth-order valence-corrected chi connectivity index (χ4v) is 8.08. The van der Waals surface area contributed by atoms with E-state index in [1.54, 1.807) is 42.1 Å². The molecule has 56 heavy (non-hydrogen) atoms. The lowest BCUT2D eigenvalue weighted by Crippen LogP contribution is -2.39. The quantitative estimate of drug-likeness (QED) is 0.104. The van der Waals surface area contributed by atoms with E-state index >= 15 is 0 Å². The van der Waals surface area contributed by atoms with Crippen molar-refractivity contribution in [1.82, 2.24) is 30.2 Å². The van der Waals surface area contributed by atoms with Gasteiger partial charge in [-0.25, -0.2) is 14.1 Å². The van der Waals surface area contributed by atoms with E-state index in [0.29, 0.717) is 38.5 Å². The highest BCUT2D eigenvalue weighted by molar-refractivity contribution is 7.98. The molecular weight excluding hydrogens is 739 g/mol. The van der Waals surface area contributed by atoms with Gasteiger partial charge in [-0.3, -0.25) is 0 Å². The van der Waals surface area contributed by atoms with Gasteiger partial charge >= 0.3 is 0 Å². The molecule has 2 aromatic heterocycles. The second kappa shape index (κ2) is 15.3. The van der Waals surface area contributed by atoms with Crippen LogP contribution in [0.25, 0.3) is 33.5 Å². The molecule has 7 nitrogen and oxygen atoms in total. The van der Waals surface area contributed by atoms with Crippen molar-refractivity contribution >= 4 is 34.4 Å². The van der Waals surface area contributed by atoms with Crippen molar-refractivity contribution < 1.29 is 9.13 Å². The molecule has 7 aromatic carbocycles. The topological polar surface area (TPSA) is 81.5 Å². The van der Waals surface area contributed by atoms with Crippen LogP contribution in [-0.2, 0) is 11.3 Å². The molecule has 0 aliphatic rings. The van der Waals surface area contributed by atoms with Gasteiger partial charge in [-0.2, -0.15) is 0 Å². The highest BCUT2D eigenvalue weighted by Crippen LogP contribution is 2.43. The molecule has 0 aliphatic heterocycles. The number of H-pyrrole nitrogens is 1. The van der Waals surface area contributed by atoms with Gasteiger partial charge in [0.2, 0.25) is 0 Å². The zero-order valence-corrected chi connectivity index (χ0v) is 31.3. The molecule has 272 valence electrons. The van der Waals surface area contributed by atoms with E-state index in [4.69, 9.17) is 31.6 Å². The Labute approximate surface area is 331 Å². The number of nitrogens with one attached hydrogen (secondary N) is 1. The largest absolute Gasteiger partial charge is 0.454 e. The Bertz CT molecular complexity index is 2650. The van der Waals surface area contributed by atoms with Crippen molar-refractivity contribution in [2.24, 2.45) is 0 Å². The van der Waals surface area contributed by atoms with Crippen LogP contribution in [0.1, 0.15) is 22.3 Å². The summed E-state index contributed by atoms with van der Waals surface area (Å²) in [7, 11) is 0. The Balaban J connectivity index is 1.02. The third kappa shape index (κ3) is 6.72. The SMILES string of the molecule is Fc1cc2[nH]c(SCc3ccc(-c4ccccc4-c4nnnn4C(c4ccccc4)(c4ccccc4)c4ccccc4)cc3)nc2cc1Oc1ccc(Cl)cc1. The van der Waals surface area contributed by atoms with Crippen LogP contribution in [0.5, 0.6) is 11.5 Å². The maximum absolute atomic E-state index is 14.9. The van der Waals surface area contributed by atoms with Gasteiger partial charge in [-0.15, -0.1) is 5.10 Å². The molecule has 0 bridgehead atoms. The summed E-state index contributed by atoms with van der Waals surface area (Å²) in [5.74, 6) is 1.40. The molecule has 0 atom stereocenters. The zero-order chi connectivity index (χ0) is 37.9. The number of hydrogen-bond donors (Lipinski definition) is 1. The Kier molecular flexibility index (Phi) is 9.61. The number of fused-ring (bicyclic) bond motifs is 1. The van der Waals surface area contributed by atoms with Crippen LogP contribution < -0.4 is 4.74 Å². The third-order valence-electron chi connectivity index (χ3n) is 9.73. The summed E-state index contributed by atoms with van der Waals surface area (Å²) in [6.45, 7) is 0. The van der Waals surface area contributed by atoms with Crippen LogP contribution in [0.3, 0.4) is 0 Å². The number of tetrazole rings is 1. The van der Waals surface area contributed by atoms with Crippen LogP contribution in [0.4, 0.5) is 4.39 Å². The van der Waals surface area contributed by atoms with E-state index in [1.807, 2.05) is 35.0 Å². The van der Waals surface area contributed by atoms with Gasteiger partial charge < -0.3 is 9.72 Å². The normalized spacial score (nSPS) is 11.5. The van der Waals surface area contributed by atoms with E-state index in [1.165, 1.54) is 6.07 Å². The molecule has 2 heterocycles. The molecular formula is C46H32ClFN6OS. The van der Waals surface area contributed by atoms with Crippen LogP contribution in [0.2, 0.25) is 5.02 Å². The van der Waals surface area contributed by atoms with Gasteiger partial charge in [0.15, 0.2) is 22.5 Å². The lowest BCUT2D eigenvalue weighted by atomic mass is 9.77. The molecule has 9 rings (SSSR count). The molecule has 0 amide bonds. The molecule has 0 aliphatic carbocycles. The average molecular weight is 771 g/mol. The van der Waals surface area contributed by atoms with Crippen LogP contribution in [0.15, 0.2) is 181 Å². The Morgan fingerprint density at radius 3 is 1.89 bits per heavy atom. The first-order chi connectivity index (χ1) is 27.6. The highest BCUT2D eigenvalue weighted by atomic mass is 35.5. The number of nitrogens with zero attached hydrogens (tertiary/aromatic N) is 5. The van der Waals surface area contributed by atoms with Crippen LogP contribution in [0, 0.1) is 5.82 Å². The van der Waals surface area contributed by atoms with E-state index in [2.05, 4.69) is 119 Å². The Hall–Kier alpha value is -6.55. The zero-order valence-electron chi connectivity index (χ0n) is 29.8. The van der Waals surface area contributed by atoms with Crippen molar-refractivity contribution in [3.8, 4) is 34.0 Å². The number of hydrogen-bond acceptors (Lipinski definition) is 6. The number of aromatic amines is 1. The molecule has 0 radical (unpaired) electrons. The molecule has 0 saturated heterocycles. The number of ether oxygens (including phenoxy) is 1. The van der Waals surface area contributed by atoms with Crippen LogP contribution >= 0.6 is 23.4 Å². The van der Waals surface area contributed by atoms with Crippen molar-refractivity contribution in [2.75, 3.05) is 0 Å². The standard InChI is InChI=1S/C46H32ClFN6OS/c47-36-24-26-37(27-25-36)55-43-29-42-41(28-40(43)48)49-45(50-42)56-30-31-20-22-32(23-21-31)38-18-10-11-19-39(38)44-51-52-53-54(44)46(33-12-4-1-5-13-33,34-14-6-2-7-15-34)35-16-8-3-9-17-35/h1-29H,30H2,(H,49,50). The molecule has 0 unspecified atom stereocenters. The van der Waals surface area contributed by atoms with E-state index in [9.17, 15) is 4.39 Å². The third-order valence-corrected chi connectivity index (χ3v) is 10.9. The lowest BCUT2D eigenvalue weighted by molar-refractivity contribution is 0.443. The summed E-state index contributed by atoms with van der Waals surface area (Å²) in [4.78, 5) is 7.94. The first kappa shape index (κ1) is 35.2. The summed E-state index contributed by atoms with van der Waals surface area (Å²) in [6.07, 6.45) is 0. The maximum Gasteiger partial charge on any atom is 0.184 e. The minimum absolute atomic E-state index is 0.0960. The molecule has 1 N–H and O–H groups in total. The molecule has 0 saturated carbocycles. The average Bonchev–Trinajstić information content (AvgIpc) is 3.90. The number of thioether (sulfide) groups is 1. The monoisotopic (exact) mass is 770 g/mol. The number of rotatable bonds is 11. The number of benzene rings is 7. The van der Waals surface area contributed by atoms with E-state index in [-0.39, 0.29) is 5.75 Å². The van der Waals surface area contributed by atoms with E-state index in [0.717, 1.165) is 38.9 Å². The van der Waals surface area contributed by atoms with Crippen molar-refractivity contribution in [3.05, 3.63) is 209 Å².